The molecule has 8 heteroatoms. The number of amides is 1. The molecule has 1 aliphatic heterocycles. The highest BCUT2D eigenvalue weighted by Crippen LogP contribution is 2.40. The molecule has 0 spiro atoms. The zero-order valence-corrected chi connectivity index (χ0v) is 20.1. The standard InChI is InChI=1S/C26H28N2O5S/c1-17-8-6-7-11-20(17)28-25(31)23(34-26(28)27-19-9-4-3-5-10-19)15-18-12-13-21(22(14-18)32-2)33-16-24(29)30/h3-5,9-10,12-15,17,20H,6-8,11,16H2,1-2H3,(H,29,30)/b23-15-,27-26?/t17-,20+/m0/s1. The first-order valence-corrected chi connectivity index (χ1v) is 12.2. The third-order valence-electron chi connectivity index (χ3n) is 6.05. The molecule has 178 valence electrons. The Kier molecular flexibility index (Phi) is 7.57. The Labute approximate surface area is 203 Å². The minimum Gasteiger partial charge on any atom is -0.493 e. The highest BCUT2D eigenvalue weighted by Gasteiger charge is 2.41. The topological polar surface area (TPSA) is 88.4 Å². The Hall–Kier alpha value is -3.26. The van der Waals surface area contributed by atoms with Crippen LogP contribution in [0.15, 0.2) is 58.4 Å². The van der Waals surface area contributed by atoms with Gasteiger partial charge in [0.05, 0.1) is 17.7 Å². The molecule has 2 aromatic carbocycles. The molecule has 2 aliphatic rings. The van der Waals surface area contributed by atoms with Gasteiger partial charge in [0.2, 0.25) is 0 Å². The number of nitrogens with zero attached hydrogens (tertiary/aromatic N) is 2. The van der Waals surface area contributed by atoms with Crippen molar-refractivity contribution in [3.8, 4) is 11.5 Å². The highest BCUT2D eigenvalue weighted by atomic mass is 32.2. The molecular weight excluding hydrogens is 452 g/mol. The lowest BCUT2D eigenvalue weighted by Crippen LogP contribution is -2.44. The van der Waals surface area contributed by atoms with Crippen molar-refractivity contribution in [2.24, 2.45) is 10.9 Å². The van der Waals surface area contributed by atoms with Crippen LogP contribution in [-0.4, -0.2) is 46.8 Å². The summed E-state index contributed by atoms with van der Waals surface area (Å²) in [4.78, 5) is 31.7. The Balaban J connectivity index is 1.66. The number of para-hydroxylation sites is 1. The Morgan fingerprint density at radius 3 is 2.65 bits per heavy atom. The fourth-order valence-corrected chi connectivity index (χ4v) is 5.38. The average molecular weight is 481 g/mol. The average Bonchev–Trinajstić information content (AvgIpc) is 3.13. The predicted octanol–water partition coefficient (Wildman–Crippen LogP) is 5.34. The van der Waals surface area contributed by atoms with E-state index in [1.807, 2.05) is 41.3 Å². The number of hydrogen-bond donors (Lipinski definition) is 1. The third-order valence-corrected chi connectivity index (χ3v) is 7.04. The van der Waals surface area contributed by atoms with E-state index in [0.29, 0.717) is 27.5 Å². The second-order valence-corrected chi connectivity index (χ2v) is 9.45. The first kappa shape index (κ1) is 23.9. The van der Waals surface area contributed by atoms with Crippen molar-refractivity contribution in [2.45, 2.75) is 38.6 Å². The van der Waals surface area contributed by atoms with Crippen LogP contribution < -0.4 is 9.47 Å². The molecule has 0 radical (unpaired) electrons. The number of aliphatic carboxylic acids is 1. The summed E-state index contributed by atoms with van der Waals surface area (Å²) in [6.07, 6.45) is 6.20. The number of ether oxygens (including phenoxy) is 2. The summed E-state index contributed by atoms with van der Waals surface area (Å²) in [5.74, 6) is 0.0415. The Bertz CT molecular complexity index is 1120. The number of rotatable bonds is 7. The molecule has 1 amide bonds. The third kappa shape index (κ3) is 5.44. The van der Waals surface area contributed by atoms with E-state index < -0.39 is 12.6 Å². The van der Waals surface area contributed by atoms with Crippen molar-refractivity contribution >= 4 is 40.6 Å². The number of carbonyl (C=O) groups excluding carboxylic acids is 1. The molecule has 7 nitrogen and oxygen atoms in total. The van der Waals surface area contributed by atoms with Crippen LogP contribution in [0.1, 0.15) is 38.2 Å². The van der Waals surface area contributed by atoms with Crippen LogP contribution in [0.5, 0.6) is 11.5 Å². The molecule has 4 rings (SSSR count). The van der Waals surface area contributed by atoms with Gasteiger partial charge in [-0.25, -0.2) is 9.79 Å². The van der Waals surface area contributed by atoms with Gasteiger partial charge in [-0.05, 0) is 66.4 Å². The first-order chi connectivity index (χ1) is 16.5. The lowest BCUT2D eigenvalue weighted by atomic mass is 9.85. The number of hydrogen-bond acceptors (Lipinski definition) is 6. The van der Waals surface area contributed by atoms with E-state index in [0.717, 1.165) is 30.5 Å². The SMILES string of the molecule is COc1cc(/C=C2\SC(=Nc3ccccc3)N([C@@H]3CCCC[C@@H]3C)C2=O)ccc1OCC(=O)O. The second kappa shape index (κ2) is 10.8. The van der Waals surface area contributed by atoms with Crippen molar-refractivity contribution in [1.82, 2.24) is 4.90 Å². The van der Waals surface area contributed by atoms with E-state index in [1.54, 1.807) is 18.2 Å². The zero-order chi connectivity index (χ0) is 24.1. The summed E-state index contributed by atoms with van der Waals surface area (Å²) in [5, 5.41) is 9.57. The summed E-state index contributed by atoms with van der Waals surface area (Å²) in [5.41, 5.74) is 1.57. The van der Waals surface area contributed by atoms with Crippen molar-refractivity contribution in [1.29, 1.82) is 0 Å². The Morgan fingerprint density at radius 1 is 1.18 bits per heavy atom. The number of methoxy groups -OCH3 is 1. The summed E-state index contributed by atoms with van der Waals surface area (Å²) in [6.45, 7) is 1.75. The first-order valence-electron chi connectivity index (χ1n) is 11.4. The molecule has 1 N–H and O–H groups in total. The second-order valence-electron chi connectivity index (χ2n) is 8.44. The quantitative estimate of drug-likeness (QED) is 0.538. The number of aliphatic imine (C=N–C) groups is 1. The summed E-state index contributed by atoms with van der Waals surface area (Å²) >= 11 is 1.38. The monoisotopic (exact) mass is 480 g/mol. The largest absolute Gasteiger partial charge is 0.493 e. The number of amidine groups is 1. The van der Waals surface area contributed by atoms with Crippen LogP contribution in [-0.2, 0) is 9.59 Å². The Morgan fingerprint density at radius 2 is 1.94 bits per heavy atom. The van der Waals surface area contributed by atoms with Gasteiger partial charge in [0.15, 0.2) is 23.3 Å². The summed E-state index contributed by atoms with van der Waals surface area (Å²) < 4.78 is 10.6. The van der Waals surface area contributed by atoms with Gasteiger partial charge in [-0.3, -0.25) is 9.69 Å². The van der Waals surface area contributed by atoms with Crippen molar-refractivity contribution < 1.29 is 24.2 Å². The summed E-state index contributed by atoms with van der Waals surface area (Å²) in [6, 6.07) is 15.0. The molecule has 0 bridgehead atoms. The summed E-state index contributed by atoms with van der Waals surface area (Å²) in [7, 11) is 1.49. The fourth-order valence-electron chi connectivity index (χ4n) is 4.33. The van der Waals surface area contributed by atoms with Crippen LogP contribution >= 0.6 is 11.8 Å². The van der Waals surface area contributed by atoms with Crippen LogP contribution in [0.4, 0.5) is 5.69 Å². The van der Waals surface area contributed by atoms with Gasteiger partial charge in [0.1, 0.15) is 0 Å². The lowest BCUT2D eigenvalue weighted by molar-refractivity contribution is -0.139. The van der Waals surface area contributed by atoms with E-state index in [2.05, 4.69) is 6.92 Å². The molecule has 1 saturated carbocycles. The predicted molar refractivity (Wildman–Crippen MR) is 133 cm³/mol. The van der Waals surface area contributed by atoms with Gasteiger partial charge in [-0.1, -0.05) is 44.0 Å². The number of carboxylic acids is 1. The number of benzene rings is 2. The van der Waals surface area contributed by atoms with Crippen LogP contribution in [0, 0.1) is 5.92 Å². The number of carbonyl (C=O) groups is 2. The molecule has 0 unspecified atom stereocenters. The molecule has 0 aromatic heterocycles. The molecule has 1 aliphatic carbocycles. The van der Waals surface area contributed by atoms with Gasteiger partial charge in [0.25, 0.3) is 5.91 Å². The van der Waals surface area contributed by atoms with Crippen molar-refractivity contribution in [2.75, 3.05) is 13.7 Å². The maximum Gasteiger partial charge on any atom is 0.341 e. The van der Waals surface area contributed by atoms with Gasteiger partial charge >= 0.3 is 5.97 Å². The van der Waals surface area contributed by atoms with E-state index >= 15 is 0 Å². The van der Waals surface area contributed by atoms with Crippen molar-refractivity contribution in [3.63, 3.8) is 0 Å². The number of thioether (sulfide) groups is 1. The van der Waals surface area contributed by atoms with Gasteiger partial charge in [-0.2, -0.15) is 0 Å². The molecule has 2 fully saturated rings. The zero-order valence-electron chi connectivity index (χ0n) is 19.3. The van der Waals surface area contributed by atoms with Crippen LogP contribution in [0.2, 0.25) is 0 Å². The lowest BCUT2D eigenvalue weighted by Gasteiger charge is -2.35. The van der Waals surface area contributed by atoms with E-state index in [1.165, 1.54) is 25.3 Å². The maximum absolute atomic E-state index is 13.6. The molecular formula is C26H28N2O5S. The minimum atomic E-state index is -1.07. The van der Waals surface area contributed by atoms with Gasteiger partial charge in [0, 0.05) is 6.04 Å². The van der Waals surface area contributed by atoms with Gasteiger partial charge < -0.3 is 14.6 Å². The number of carboxylic acid groups (broad SMARTS) is 1. The molecule has 1 heterocycles. The van der Waals surface area contributed by atoms with Crippen LogP contribution in [0.3, 0.4) is 0 Å². The maximum atomic E-state index is 13.6. The van der Waals surface area contributed by atoms with E-state index in [4.69, 9.17) is 19.6 Å². The van der Waals surface area contributed by atoms with E-state index in [-0.39, 0.29) is 11.9 Å². The molecule has 34 heavy (non-hydrogen) atoms. The normalized spacial score (nSPS) is 22.9. The smallest absolute Gasteiger partial charge is 0.341 e. The minimum absolute atomic E-state index is 0.0383. The fraction of sp³-hybridized carbons (Fsp3) is 0.346. The highest BCUT2D eigenvalue weighted by molar-refractivity contribution is 8.18. The van der Waals surface area contributed by atoms with Gasteiger partial charge in [-0.15, -0.1) is 0 Å². The molecule has 1 saturated heterocycles. The van der Waals surface area contributed by atoms with Crippen LogP contribution in [0.25, 0.3) is 6.08 Å². The van der Waals surface area contributed by atoms with Crippen molar-refractivity contribution in [3.05, 3.63) is 59.0 Å². The van der Waals surface area contributed by atoms with E-state index in [9.17, 15) is 9.59 Å². The molecule has 2 atom stereocenters. The molecule has 2 aromatic rings.